The second-order valence-electron chi connectivity index (χ2n) is 7.25. The summed E-state index contributed by atoms with van der Waals surface area (Å²) in [5.41, 5.74) is 3.05. The molecule has 0 saturated heterocycles. The van der Waals surface area contributed by atoms with Crippen LogP contribution in [0.25, 0.3) is 0 Å². The summed E-state index contributed by atoms with van der Waals surface area (Å²) in [4.78, 5) is 18.0. The highest BCUT2D eigenvalue weighted by molar-refractivity contribution is 7.78. The lowest BCUT2D eigenvalue weighted by atomic mass is 9.89. The number of aliphatic imine (C=N–C) groups is 1. The van der Waals surface area contributed by atoms with Crippen LogP contribution in [-0.2, 0) is 11.8 Å². The average Bonchev–Trinajstić information content (AvgIpc) is 2.77. The van der Waals surface area contributed by atoms with Crippen LogP contribution in [0.4, 0.5) is 4.79 Å². The lowest BCUT2D eigenvalue weighted by Crippen LogP contribution is -2.37. The third-order valence-corrected chi connectivity index (χ3v) is 6.08. The van der Waals surface area contributed by atoms with Gasteiger partial charge in [-0.3, -0.25) is 4.99 Å². The summed E-state index contributed by atoms with van der Waals surface area (Å²) in [5.74, 6) is 1.08. The largest absolute Gasteiger partial charge is 0.395 e. The molecule has 0 fully saturated rings. The van der Waals surface area contributed by atoms with Gasteiger partial charge in [-0.15, -0.1) is 0 Å². The normalized spacial score (nSPS) is 20.8. The number of benzene rings is 1. The molecule has 0 spiro atoms. The van der Waals surface area contributed by atoms with Crippen LogP contribution in [0.5, 0.6) is 0 Å². The molecule has 3 rings (SSSR count). The second kappa shape index (κ2) is 11.7. The molecule has 0 aromatic heterocycles. The van der Waals surface area contributed by atoms with Gasteiger partial charge in [0.2, 0.25) is 0 Å². The SMILES string of the molecule is CCNC(=O)NC1=CCC(C2=NC(C[SH+]c3ccccc3)=CC(NCCO)C2)C=C1. The number of aliphatic hydroxyl groups is 1. The van der Waals surface area contributed by atoms with E-state index in [-0.39, 0.29) is 24.6 Å². The van der Waals surface area contributed by atoms with E-state index in [1.165, 1.54) is 16.7 Å². The highest BCUT2D eigenvalue weighted by atomic mass is 32.2. The van der Waals surface area contributed by atoms with E-state index in [2.05, 4.69) is 58.4 Å². The van der Waals surface area contributed by atoms with Crippen LogP contribution in [0, 0.1) is 5.92 Å². The summed E-state index contributed by atoms with van der Waals surface area (Å²) in [6, 6.07) is 10.4. The Morgan fingerprint density at radius 3 is 2.83 bits per heavy atom. The van der Waals surface area contributed by atoms with E-state index in [1.807, 2.05) is 19.1 Å². The molecule has 1 aromatic rings. The number of hydrogen-bond donors (Lipinski definition) is 4. The molecular formula is C23H31N4O2S+. The number of thiol groups is 1. The van der Waals surface area contributed by atoms with Crippen LogP contribution >= 0.6 is 0 Å². The summed E-state index contributed by atoms with van der Waals surface area (Å²) in [6.07, 6.45) is 9.98. The Labute approximate surface area is 182 Å². The maximum absolute atomic E-state index is 11.7. The molecule has 2 unspecified atom stereocenters. The Bertz CT molecular complexity index is 833. The van der Waals surface area contributed by atoms with Gasteiger partial charge < -0.3 is 21.1 Å². The van der Waals surface area contributed by atoms with E-state index in [1.54, 1.807) is 0 Å². The molecule has 0 saturated carbocycles. The predicted octanol–water partition coefficient (Wildman–Crippen LogP) is 2.32. The van der Waals surface area contributed by atoms with Crippen molar-refractivity contribution in [2.75, 3.05) is 25.4 Å². The monoisotopic (exact) mass is 427 g/mol. The third kappa shape index (κ3) is 6.86. The van der Waals surface area contributed by atoms with Crippen LogP contribution in [0.1, 0.15) is 19.8 Å². The Morgan fingerprint density at radius 1 is 1.30 bits per heavy atom. The van der Waals surface area contributed by atoms with Gasteiger partial charge in [0, 0.05) is 54.6 Å². The number of nitrogens with one attached hydrogen (secondary N) is 3. The summed E-state index contributed by atoms with van der Waals surface area (Å²) >= 11 is 1.23. The molecule has 30 heavy (non-hydrogen) atoms. The highest BCUT2D eigenvalue weighted by Crippen LogP contribution is 2.24. The maximum atomic E-state index is 11.7. The number of urea groups is 1. The van der Waals surface area contributed by atoms with Crippen LogP contribution in [0.15, 0.2) is 75.9 Å². The van der Waals surface area contributed by atoms with Crippen molar-refractivity contribution in [3.05, 3.63) is 66.0 Å². The predicted molar refractivity (Wildman–Crippen MR) is 125 cm³/mol. The standard InChI is InChI=1S/C23H30N4O2S/c1-2-24-23(29)27-18-10-8-17(9-11-18)22-15-19(25-12-13-28)14-20(26-22)16-30-21-6-4-3-5-7-21/h3-8,10-11,14,17,19,25,28H,2,9,12-13,15-16H2,1H3,(H2,24,27,29)/p+1. The van der Waals surface area contributed by atoms with E-state index in [0.29, 0.717) is 13.1 Å². The van der Waals surface area contributed by atoms with Gasteiger partial charge in [-0.05, 0) is 37.6 Å². The number of allylic oxidation sites excluding steroid dienone is 3. The Morgan fingerprint density at radius 2 is 2.13 bits per heavy atom. The molecule has 2 amide bonds. The second-order valence-corrected chi connectivity index (χ2v) is 8.40. The molecule has 7 heteroatoms. The quantitative estimate of drug-likeness (QED) is 0.360. The summed E-state index contributed by atoms with van der Waals surface area (Å²) in [7, 11) is 0. The number of nitrogens with zero attached hydrogens (tertiary/aromatic N) is 1. The summed E-state index contributed by atoms with van der Waals surface area (Å²) in [6.45, 7) is 3.18. The maximum Gasteiger partial charge on any atom is 0.319 e. The van der Waals surface area contributed by atoms with Gasteiger partial charge in [0.25, 0.3) is 0 Å². The Hall–Kier alpha value is -2.35. The van der Waals surface area contributed by atoms with Gasteiger partial charge in [0.15, 0.2) is 10.6 Å². The van der Waals surface area contributed by atoms with Crippen LogP contribution in [-0.4, -0.2) is 48.3 Å². The lowest BCUT2D eigenvalue weighted by molar-refractivity contribution is 0.244. The van der Waals surface area contributed by atoms with Crippen LogP contribution in [0.2, 0.25) is 0 Å². The van der Waals surface area contributed by atoms with Gasteiger partial charge in [-0.2, -0.15) is 0 Å². The first-order valence-corrected chi connectivity index (χ1v) is 11.5. The number of amides is 2. The van der Waals surface area contributed by atoms with Gasteiger partial charge >= 0.3 is 6.03 Å². The van der Waals surface area contributed by atoms with Crippen molar-refractivity contribution in [3.8, 4) is 0 Å². The zero-order valence-electron chi connectivity index (χ0n) is 17.3. The average molecular weight is 428 g/mol. The van der Waals surface area contributed by atoms with Crippen molar-refractivity contribution in [2.24, 2.45) is 10.9 Å². The fourth-order valence-electron chi connectivity index (χ4n) is 3.49. The van der Waals surface area contributed by atoms with E-state index in [9.17, 15) is 9.90 Å². The highest BCUT2D eigenvalue weighted by Gasteiger charge is 2.24. The molecule has 1 heterocycles. The molecule has 1 aliphatic carbocycles. The van der Waals surface area contributed by atoms with Gasteiger partial charge in [0.1, 0.15) is 0 Å². The fraction of sp³-hybridized carbons (Fsp3) is 0.391. The number of carbonyl (C=O) groups is 1. The molecule has 2 atom stereocenters. The van der Waals surface area contributed by atoms with Crippen molar-refractivity contribution < 1.29 is 9.90 Å². The number of rotatable bonds is 9. The smallest absolute Gasteiger partial charge is 0.319 e. The fourth-order valence-corrected chi connectivity index (χ4v) is 4.39. The van der Waals surface area contributed by atoms with Gasteiger partial charge in [-0.25, -0.2) is 4.79 Å². The molecular weight excluding hydrogens is 396 g/mol. The zero-order chi connectivity index (χ0) is 21.2. The zero-order valence-corrected chi connectivity index (χ0v) is 18.2. The Kier molecular flexibility index (Phi) is 8.74. The van der Waals surface area contributed by atoms with E-state index < -0.39 is 0 Å². The topological polar surface area (TPSA) is 85.8 Å². The number of carbonyl (C=O) groups excluding carboxylic acids is 1. The van der Waals surface area contributed by atoms with Crippen molar-refractivity contribution in [1.82, 2.24) is 16.0 Å². The van der Waals surface area contributed by atoms with Gasteiger partial charge in [-0.1, -0.05) is 30.4 Å². The number of aliphatic hydroxyl groups excluding tert-OH is 1. The minimum atomic E-state index is -0.180. The summed E-state index contributed by atoms with van der Waals surface area (Å²) < 4.78 is 0. The van der Waals surface area contributed by atoms with Gasteiger partial charge in [0.05, 0.1) is 12.3 Å². The molecule has 160 valence electrons. The molecule has 1 aromatic carbocycles. The molecule has 0 radical (unpaired) electrons. The van der Waals surface area contributed by atoms with Crippen molar-refractivity contribution in [2.45, 2.75) is 30.7 Å². The minimum Gasteiger partial charge on any atom is -0.395 e. The van der Waals surface area contributed by atoms with E-state index in [0.717, 1.165) is 35.7 Å². The van der Waals surface area contributed by atoms with Crippen LogP contribution < -0.4 is 16.0 Å². The van der Waals surface area contributed by atoms with Crippen LogP contribution in [0.3, 0.4) is 0 Å². The van der Waals surface area contributed by atoms with E-state index >= 15 is 0 Å². The first-order chi connectivity index (χ1) is 14.7. The van der Waals surface area contributed by atoms with Crippen molar-refractivity contribution in [1.29, 1.82) is 0 Å². The third-order valence-electron chi connectivity index (χ3n) is 4.93. The minimum absolute atomic E-state index is 0.120. The lowest BCUT2D eigenvalue weighted by Gasteiger charge is -2.26. The first kappa shape index (κ1) is 22.3. The number of hydrogen-bond acceptors (Lipinski definition) is 4. The molecule has 2 aliphatic rings. The Balaban J connectivity index is 1.64. The van der Waals surface area contributed by atoms with Crippen molar-refractivity contribution in [3.63, 3.8) is 0 Å². The molecule has 0 bridgehead atoms. The molecule has 6 nitrogen and oxygen atoms in total. The summed E-state index contributed by atoms with van der Waals surface area (Å²) in [5, 5.41) is 18.2. The van der Waals surface area contributed by atoms with Crippen molar-refractivity contribution >= 4 is 23.5 Å². The first-order valence-electron chi connectivity index (χ1n) is 10.5. The molecule has 4 N–H and O–H groups in total. The van der Waals surface area contributed by atoms with E-state index in [4.69, 9.17) is 4.99 Å². The molecule has 1 aliphatic heterocycles.